The topological polar surface area (TPSA) is 71.4 Å². The lowest BCUT2D eigenvalue weighted by molar-refractivity contribution is 0.120. The summed E-state index contributed by atoms with van der Waals surface area (Å²) in [6.45, 7) is 6.92. The van der Waals surface area contributed by atoms with Gasteiger partial charge < -0.3 is 15.2 Å². The van der Waals surface area contributed by atoms with Gasteiger partial charge in [0.25, 0.3) is 0 Å². The van der Waals surface area contributed by atoms with E-state index in [0.717, 1.165) is 44.5 Å². The van der Waals surface area contributed by atoms with Crippen LogP contribution in [0.1, 0.15) is 24.6 Å². The van der Waals surface area contributed by atoms with E-state index in [-0.39, 0.29) is 24.8 Å². The van der Waals surface area contributed by atoms with Crippen LogP contribution in [0.15, 0.2) is 4.52 Å². The second-order valence-electron chi connectivity index (χ2n) is 5.33. The lowest BCUT2D eigenvalue weighted by atomic mass is 10.3. The minimum Gasteiger partial charge on any atom is -0.338 e. The largest absolute Gasteiger partial charge is 0.338 e. The van der Waals surface area contributed by atoms with Gasteiger partial charge in [0.2, 0.25) is 5.89 Å². The van der Waals surface area contributed by atoms with Crippen molar-refractivity contribution in [2.45, 2.75) is 25.9 Å². The van der Waals surface area contributed by atoms with Gasteiger partial charge >= 0.3 is 0 Å². The van der Waals surface area contributed by atoms with E-state index in [1.165, 1.54) is 19.4 Å². The highest BCUT2D eigenvalue weighted by Gasteiger charge is 2.26. The lowest BCUT2D eigenvalue weighted by Gasteiger charge is -2.34. The second-order valence-corrected chi connectivity index (χ2v) is 5.33. The SMILES string of the molecule is Cl.Cl.NCc1nc(CN2CCN(CC3CC3)CC2)no1. The third-order valence-corrected chi connectivity index (χ3v) is 3.73. The molecule has 20 heavy (non-hydrogen) atoms. The molecule has 1 saturated carbocycles. The van der Waals surface area contributed by atoms with Gasteiger partial charge in [0.05, 0.1) is 13.1 Å². The van der Waals surface area contributed by atoms with E-state index in [2.05, 4.69) is 19.9 Å². The van der Waals surface area contributed by atoms with Crippen LogP contribution in [0.25, 0.3) is 0 Å². The van der Waals surface area contributed by atoms with Crippen molar-refractivity contribution in [3.05, 3.63) is 11.7 Å². The number of halogens is 2. The van der Waals surface area contributed by atoms with Crippen LogP contribution in [0, 0.1) is 5.92 Å². The van der Waals surface area contributed by atoms with E-state index in [9.17, 15) is 0 Å². The molecule has 0 aromatic carbocycles. The van der Waals surface area contributed by atoms with E-state index < -0.39 is 0 Å². The standard InChI is InChI=1S/C12H21N5O.2ClH/c13-7-12-14-11(15-18-12)9-17-5-3-16(4-6-17)8-10-1-2-10;;/h10H,1-9,13H2;2*1H. The molecule has 2 N–H and O–H groups in total. The van der Waals surface area contributed by atoms with Crippen LogP contribution >= 0.6 is 24.8 Å². The Balaban J connectivity index is 0.000001000. The third kappa shape index (κ3) is 4.86. The van der Waals surface area contributed by atoms with Crippen molar-refractivity contribution in [1.82, 2.24) is 19.9 Å². The Hall–Kier alpha value is -0.400. The molecular weight excluding hydrogens is 301 g/mol. The average Bonchev–Trinajstić information content (AvgIpc) is 3.09. The van der Waals surface area contributed by atoms with Gasteiger partial charge in [-0.25, -0.2) is 0 Å². The van der Waals surface area contributed by atoms with E-state index in [1.54, 1.807) is 0 Å². The predicted molar refractivity (Wildman–Crippen MR) is 81.1 cm³/mol. The van der Waals surface area contributed by atoms with Gasteiger partial charge in [-0.1, -0.05) is 5.16 Å². The zero-order chi connectivity index (χ0) is 12.4. The fourth-order valence-corrected chi connectivity index (χ4v) is 2.43. The van der Waals surface area contributed by atoms with Crippen LogP contribution in [0.3, 0.4) is 0 Å². The summed E-state index contributed by atoms with van der Waals surface area (Å²) in [7, 11) is 0. The summed E-state index contributed by atoms with van der Waals surface area (Å²) in [5.41, 5.74) is 5.45. The minimum absolute atomic E-state index is 0. The normalized spacial score (nSPS) is 20.2. The molecule has 2 fully saturated rings. The molecule has 0 amide bonds. The molecule has 8 heteroatoms. The van der Waals surface area contributed by atoms with E-state index >= 15 is 0 Å². The smallest absolute Gasteiger partial charge is 0.240 e. The molecule has 6 nitrogen and oxygen atoms in total. The Bertz CT molecular complexity index is 391. The second kappa shape index (κ2) is 8.14. The zero-order valence-corrected chi connectivity index (χ0v) is 13.2. The van der Waals surface area contributed by atoms with Gasteiger partial charge in [0, 0.05) is 32.7 Å². The predicted octanol–water partition coefficient (Wildman–Crippen LogP) is 0.899. The van der Waals surface area contributed by atoms with Crippen molar-refractivity contribution in [1.29, 1.82) is 0 Å². The van der Waals surface area contributed by atoms with Gasteiger partial charge in [-0.3, -0.25) is 4.90 Å². The van der Waals surface area contributed by atoms with Crippen LogP contribution < -0.4 is 5.73 Å². The van der Waals surface area contributed by atoms with E-state index in [1.807, 2.05) is 0 Å². The van der Waals surface area contributed by atoms with Crippen LogP contribution in [-0.4, -0.2) is 52.7 Å². The molecule has 1 saturated heterocycles. The summed E-state index contributed by atoms with van der Waals surface area (Å²) in [5, 5.41) is 3.94. The third-order valence-electron chi connectivity index (χ3n) is 3.73. The lowest BCUT2D eigenvalue weighted by Crippen LogP contribution is -2.46. The van der Waals surface area contributed by atoms with Gasteiger partial charge in [0.1, 0.15) is 0 Å². The fourth-order valence-electron chi connectivity index (χ4n) is 2.43. The molecule has 1 aliphatic heterocycles. The molecule has 1 aromatic heterocycles. The van der Waals surface area contributed by atoms with Crippen molar-refractivity contribution in [3.63, 3.8) is 0 Å². The highest BCUT2D eigenvalue weighted by molar-refractivity contribution is 5.85. The van der Waals surface area contributed by atoms with Crippen molar-refractivity contribution in [2.75, 3.05) is 32.7 Å². The van der Waals surface area contributed by atoms with Crippen LogP contribution in [-0.2, 0) is 13.1 Å². The van der Waals surface area contributed by atoms with Crippen molar-refractivity contribution >= 4 is 24.8 Å². The molecule has 1 aliphatic carbocycles. The molecule has 2 aliphatic rings. The van der Waals surface area contributed by atoms with Crippen molar-refractivity contribution in [2.24, 2.45) is 11.7 Å². The van der Waals surface area contributed by atoms with Gasteiger partial charge in [-0.15, -0.1) is 24.8 Å². The van der Waals surface area contributed by atoms with Gasteiger partial charge in [-0.2, -0.15) is 4.98 Å². The first kappa shape index (κ1) is 17.7. The number of hydrogen-bond acceptors (Lipinski definition) is 6. The Morgan fingerprint density at radius 1 is 1.10 bits per heavy atom. The molecule has 3 rings (SSSR count). The molecule has 116 valence electrons. The van der Waals surface area contributed by atoms with Crippen LogP contribution in [0.4, 0.5) is 0 Å². The number of nitrogens with two attached hydrogens (primary N) is 1. The maximum atomic E-state index is 5.45. The zero-order valence-electron chi connectivity index (χ0n) is 11.5. The van der Waals surface area contributed by atoms with E-state index in [4.69, 9.17) is 10.3 Å². The quantitative estimate of drug-likeness (QED) is 0.868. The molecule has 0 radical (unpaired) electrons. The monoisotopic (exact) mass is 323 g/mol. The fraction of sp³-hybridized carbons (Fsp3) is 0.833. The molecular formula is C12H23Cl2N5O. The molecule has 2 heterocycles. The number of hydrogen-bond donors (Lipinski definition) is 1. The summed E-state index contributed by atoms with van der Waals surface area (Å²) in [6, 6.07) is 0. The van der Waals surface area contributed by atoms with Crippen molar-refractivity contribution in [3.8, 4) is 0 Å². The number of rotatable bonds is 5. The Morgan fingerprint density at radius 3 is 2.30 bits per heavy atom. The molecule has 1 aromatic rings. The maximum absolute atomic E-state index is 5.45. The molecule has 0 unspecified atom stereocenters. The van der Waals surface area contributed by atoms with Crippen molar-refractivity contribution < 1.29 is 4.52 Å². The summed E-state index contributed by atoms with van der Waals surface area (Å²) < 4.78 is 5.01. The first-order valence-corrected chi connectivity index (χ1v) is 6.79. The summed E-state index contributed by atoms with van der Waals surface area (Å²) in [5.74, 6) is 2.27. The minimum atomic E-state index is 0. The van der Waals surface area contributed by atoms with Gasteiger partial charge in [0.15, 0.2) is 5.82 Å². The summed E-state index contributed by atoms with van der Waals surface area (Å²) in [4.78, 5) is 9.20. The van der Waals surface area contributed by atoms with Crippen LogP contribution in [0.2, 0.25) is 0 Å². The summed E-state index contributed by atoms with van der Waals surface area (Å²) >= 11 is 0. The number of aromatic nitrogens is 2. The molecule has 0 atom stereocenters. The highest BCUT2D eigenvalue weighted by atomic mass is 35.5. The van der Waals surface area contributed by atoms with Gasteiger partial charge in [-0.05, 0) is 18.8 Å². The Labute approximate surface area is 131 Å². The first-order valence-electron chi connectivity index (χ1n) is 6.79. The summed E-state index contributed by atoms with van der Waals surface area (Å²) in [6.07, 6.45) is 2.87. The molecule has 0 spiro atoms. The van der Waals surface area contributed by atoms with E-state index in [0.29, 0.717) is 12.4 Å². The number of piperazine rings is 1. The molecule has 0 bridgehead atoms. The first-order chi connectivity index (χ1) is 8.83. The Morgan fingerprint density at radius 2 is 1.75 bits per heavy atom. The number of nitrogens with zero attached hydrogens (tertiary/aromatic N) is 4. The highest BCUT2D eigenvalue weighted by Crippen LogP contribution is 2.29. The maximum Gasteiger partial charge on any atom is 0.240 e. The Kier molecular flexibility index (Phi) is 7.19. The van der Waals surface area contributed by atoms with Crippen LogP contribution in [0.5, 0.6) is 0 Å². The average molecular weight is 324 g/mol.